The van der Waals surface area contributed by atoms with E-state index in [1.54, 1.807) is 43.4 Å². The number of amides is 1. The second kappa shape index (κ2) is 7.02. The maximum atomic E-state index is 12.5. The smallest absolute Gasteiger partial charge is 0.263 e. The predicted octanol–water partition coefficient (Wildman–Crippen LogP) is 4.00. The molecule has 1 amide bonds. The number of hydrogen-bond acceptors (Lipinski definition) is 3. The average Bonchev–Trinajstić information content (AvgIpc) is 2.49. The molecule has 0 fully saturated rings. The molecule has 1 N–H and O–H groups in total. The summed E-state index contributed by atoms with van der Waals surface area (Å²) < 4.78 is 28.6. The third-order valence-corrected chi connectivity index (χ3v) is 6.03. The molecule has 0 spiro atoms. The fourth-order valence-corrected chi connectivity index (χ4v) is 4.39. The number of anilines is 2. The molecule has 0 saturated heterocycles. The van der Waals surface area contributed by atoms with Crippen LogP contribution >= 0.6 is 31.9 Å². The van der Waals surface area contributed by atoms with Gasteiger partial charge in [-0.25, -0.2) is 8.42 Å². The zero-order valence-electron chi connectivity index (χ0n) is 12.4. The topological polar surface area (TPSA) is 66.5 Å². The van der Waals surface area contributed by atoms with Crippen LogP contribution in [0.3, 0.4) is 0 Å². The van der Waals surface area contributed by atoms with Crippen LogP contribution in [0.25, 0.3) is 0 Å². The Balaban J connectivity index is 2.27. The van der Waals surface area contributed by atoms with Gasteiger partial charge < -0.3 is 4.90 Å². The standard InChI is InChI=1S/C15H14Br2N2O3S/c1-10(20)19(2)13-6-4-12(5-7-13)18-23(21,22)15-9-11(16)3-8-14(15)17/h3-9,18H,1-2H3. The highest BCUT2D eigenvalue weighted by Gasteiger charge is 2.18. The van der Waals surface area contributed by atoms with Crippen molar-refractivity contribution < 1.29 is 13.2 Å². The second-order valence-corrected chi connectivity index (χ2v) is 8.23. The number of hydrogen-bond donors (Lipinski definition) is 1. The zero-order chi connectivity index (χ0) is 17.2. The van der Waals surface area contributed by atoms with Gasteiger partial charge in [0, 0.05) is 34.3 Å². The van der Waals surface area contributed by atoms with Gasteiger partial charge in [0.25, 0.3) is 10.0 Å². The van der Waals surface area contributed by atoms with Crippen LogP contribution in [0, 0.1) is 0 Å². The molecule has 0 unspecified atom stereocenters. The Morgan fingerprint density at radius 3 is 2.26 bits per heavy atom. The van der Waals surface area contributed by atoms with Gasteiger partial charge in [-0.2, -0.15) is 0 Å². The van der Waals surface area contributed by atoms with Crippen LogP contribution in [0.4, 0.5) is 11.4 Å². The molecule has 0 radical (unpaired) electrons. The van der Waals surface area contributed by atoms with Gasteiger partial charge in [-0.05, 0) is 58.4 Å². The SMILES string of the molecule is CC(=O)N(C)c1ccc(NS(=O)(=O)c2cc(Br)ccc2Br)cc1. The maximum absolute atomic E-state index is 12.5. The third kappa shape index (κ3) is 4.33. The number of carbonyl (C=O) groups excluding carboxylic acids is 1. The summed E-state index contributed by atoms with van der Waals surface area (Å²) in [7, 11) is -2.07. The van der Waals surface area contributed by atoms with Crippen molar-refractivity contribution >= 4 is 59.2 Å². The fourth-order valence-electron chi connectivity index (χ4n) is 1.83. The molecule has 2 aromatic rings. The van der Waals surface area contributed by atoms with Crippen molar-refractivity contribution in [2.24, 2.45) is 0 Å². The first-order valence-electron chi connectivity index (χ1n) is 6.53. The summed E-state index contributed by atoms with van der Waals surface area (Å²) in [6.07, 6.45) is 0. The fraction of sp³-hybridized carbons (Fsp3) is 0.133. The Morgan fingerprint density at radius 2 is 1.70 bits per heavy atom. The minimum absolute atomic E-state index is 0.101. The molecule has 0 aliphatic rings. The van der Waals surface area contributed by atoms with Crippen LogP contribution in [0.2, 0.25) is 0 Å². The Hall–Kier alpha value is -1.38. The lowest BCUT2D eigenvalue weighted by Gasteiger charge is -2.16. The van der Waals surface area contributed by atoms with Crippen LogP contribution in [0.1, 0.15) is 6.92 Å². The van der Waals surface area contributed by atoms with Gasteiger partial charge in [0.1, 0.15) is 4.90 Å². The van der Waals surface area contributed by atoms with Crippen molar-refractivity contribution in [1.29, 1.82) is 0 Å². The highest BCUT2D eigenvalue weighted by atomic mass is 79.9. The lowest BCUT2D eigenvalue weighted by atomic mass is 10.2. The molecule has 122 valence electrons. The van der Waals surface area contributed by atoms with Gasteiger partial charge in [-0.15, -0.1) is 0 Å². The summed E-state index contributed by atoms with van der Waals surface area (Å²) in [6, 6.07) is 11.5. The summed E-state index contributed by atoms with van der Waals surface area (Å²) in [6.45, 7) is 1.46. The molecule has 0 atom stereocenters. The van der Waals surface area contributed by atoms with Crippen molar-refractivity contribution in [2.45, 2.75) is 11.8 Å². The Labute approximate surface area is 152 Å². The minimum Gasteiger partial charge on any atom is -0.316 e. The Morgan fingerprint density at radius 1 is 1.09 bits per heavy atom. The number of nitrogens with one attached hydrogen (secondary N) is 1. The predicted molar refractivity (Wildman–Crippen MR) is 98.2 cm³/mol. The van der Waals surface area contributed by atoms with E-state index in [9.17, 15) is 13.2 Å². The van der Waals surface area contributed by atoms with Crippen molar-refractivity contribution in [1.82, 2.24) is 0 Å². The molecule has 0 saturated carbocycles. The number of nitrogens with zero attached hydrogens (tertiary/aromatic N) is 1. The van der Waals surface area contributed by atoms with Crippen molar-refractivity contribution in [3.05, 3.63) is 51.4 Å². The summed E-state index contributed by atoms with van der Waals surface area (Å²) >= 11 is 6.50. The average molecular weight is 462 g/mol. The van der Waals surface area contributed by atoms with Crippen LogP contribution in [-0.4, -0.2) is 21.4 Å². The molecule has 8 heteroatoms. The van der Waals surface area contributed by atoms with Gasteiger partial charge in [0.15, 0.2) is 0 Å². The number of benzene rings is 2. The van der Waals surface area contributed by atoms with E-state index in [1.807, 2.05) is 0 Å². The van der Waals surface area contributed by atoms with Crippen LogP contribution in [-0.2, 0) is 14.8 Å². The molecule has 0 aliphatic heterocycles. The summed E-state index contributed by atoms with van der Waals surface area (Å²) in [5, 5.41) is 0. The van der Waals surface area contributed by atoms with Gasteiger partial charge in [-0.1, -0.05) is 15.9 Å². The van der Waals surface area contributed by atoms with E-state index < -0.39 is 10.0 Å². The maximum Gasteiger partial charge on any atom is 0.263 e. The molecule has 0 aliphatic carbocycles. The summed E-state index contributed by atoms with van der Waals surface area (Å²) in [4.78, 5) is 12.9. The molecule has 0 heterocycles. The first kappa shape index (κ1) is 18.0. The van der Waals surface area contributed by atoms with Gasteiger partial charge in [-0.3, -0.25) is 9.52 Å². The third-order valence-electron chi connectivity index (χ3n) is 3.16. The Bertz CT molecular complexity index is 836. The summed E-state index contributed by atoms with van der Waals surface area (Å²) in [5.41, 5.74) is 1.10. The van der Waals surface area contributed by atoms with Gasteiger partial charge in [0.2, 0.25) is 5.91 Å². The van der Waals surface area contributed by atoms with E-state index in [0.29, 0.717) is 20.3 Å². The number of rotatable bonds is 4. The van der Waals surface area contributed by atoms with Crippen LogP contribution in [0.5, 0.6) is 0 Å². The number of carbonyl (C=O) groups is 1. The second-order valence-electron chi connectivity index (χ2n) is 4.81. The molecular weight excluding hydrogens is 448 g/mol. The lowest BCUT2D eigenvalue weighted by molar-refractivity contribution is -0.116. The highest BCUT2D eigenvalue weighted by molar-refractivity contribution is 9.11. The molecular formula is C15H14Br2N2O3S. The molecule has 5 nitrogen and oxygen atoms in total. The van der Waals surface area contributed by atoms with Crippen molar-refractivity contribution in [3.63, 3.8) is 0 Å². The molecule has 0 bridgehead atoms. The van der Waals surface area contributed by atoms with Crippen molar-refractivity contribution in [2.75, 3.05) is 16.7 Å². The van der Waals surface area contributed by atoms with E-state index in [-0.39, 0.29) is 10.8 Å². The number of halogens is 2. The van der Waals surface area contributed by atoms with E-state index in [0.717, 1.165) is 0 Å². The van der Waals surface area contributed by atoms with Gasteiger partial charge in [0.05, 0.1) is 0 Å². The largest absolute Gasteiger partial charge is 0.316 e. The Kier molecular flexibility index (Phi) is 5.49. The lowest BCUT2D eigenvalue weighted by Crippen LogP contribution is -2.22. The minimum atomic E-state index is -3.72. The first-order valence-corrected chi connectivity index (χ1v) is 9.60. The monoisotopic (exact) mass is 460 g/mol. The normalized spacial score (nSPS) is 11.1. The van der Waals surface area contributed by atoms with Crippen LogP contribution < -0.4 is 9.62 Å². The van der Waals surface area contributed by atoms with Gasteiger partial charge >= 0.3 is 0 Å². The quantitative estimate of drug-likeness (QED) is 0.748. The molecule has 0 aromatic heterocycles. The zero-order valence-corrected chi connectivity index (χ0v) is 16.4. The van der Waals surface area contributed by atoms with E-state index in [2.05, 4.69) is 36.6 Å². The van der Waals surface area contributed by atoms with E-state index in [1.165, 1.54) is 17.9 Å². The molecule has 23 heavy (non-hydrogen) atoms. The first-order chi connectivity index (χ1) is 10.7. The van der Waals surface area contributed by atoms with E-state index in [4.69, 9.17) is 0 Å². The molecule has 2 aromatic carbocycles. The van der Waals surface area contributed by atoms with Crippen molar-refractivity contribution in [3.8, 4) is 0 Å². The summed E-state index contributed by atoms with van der Waals surface area (Å²) in [5.74, 6) is -0.101. The van der Waals surface area contributed by atoms with Crippen LogP contribution in [0.15, 0.2) is 56.3 Å². The number of sulfonamides is 1. The van der Waals surface area contributed by atoms with E-state index >= 15 is 0 Å². The highest BCUT2D eigenvalue weighted by Crippen LogP contribution is 2.28. The molecule has 2 rings (SSSR count).